The molecule has 0 aliphatic carbocycles. The lowest BCUT2D eigenvalue weighted by atomic mass is 10.0. The molecule has 0 saturated carbocycles. The number of furan rings is 1. The second kappa shape index (κ2) is 6.09. The second-order valence-corrected chi connectivity index (χ2v) is 4.99. The summed E-state index contributed by atoms with van der Waals surface area (Å²) in [4.78, 5) is 25.4. The molecule has 1 fully saturated rings. The summed E-state index contributed by atoms with van der Waals surface area (Å²) in [6.07, 6.45) is 2.16. The number of hydrogen-bond donors (Lipinski definition) is 1. The van der Waals surface area contributed by atoms with Crippen LogP contribution >= 0.6 is 0 Å². The van der Waals surface area contributed by atoms with Crippen molar-refractivity contribution in [3.8, 4) is 0 Å². The van der Waals surface area contributed by atoms with E-state index in [1.807, 2.05) is 6.92 Å². The lowest BCUT2D eigenvalue weighted by molar-refractivity contribution is -0.142. The first-order valence-corrected chi connectivity index (χ1v) is 6.71. The lowest BCUT2D eigenvalue weighted by Gasteiger charge is -2.29. The van der Waals surface area contributed by atoms with Gasteiger partial charge in [0.05, 0.1) is 24.8 Å². The number of carbonyl (C=O) groups is 2. The third kappa shape index (κ3) is 2.85. The first-order valence-electron chi connectivity index (χ1n) is 6.71. The molecule has 1 aliphatic rings. The third-order valence-electron chi connectivity index (χ3n) is 3.47. The van der Waals surface area contributed by atoms with Crippen LogP contribution in [0.2, 0.25) is 0 Å². The van der Waals surface area contributed by atoms with Crippen molar-refractivity contribution < 1.29 is 23.8 Å². The summed E-state index contributed by atoms with van der Waals surface area (Å²) >= 11 is 0. The maximum atomic E-state index is 12.5. The quantitative estimate of drug-likeness (QED) is 0.885. The summed E-state index contributed by atoms with van der Waals surface area (Å²) in [5, 5.41) is 9.22. The van der Waals surface area contributed by atoms with Gasteiger partial charge in [0.1, 0.15) is 17.9 Å². The van der Waals surface area contributed by atoms with E-state index in [1.54, 1.807) is 17.9 Å². The highest BCUT2D eigenvalue weighted by molar-refractivity contribution is 5.94. The second-order valence-electron chi connectivity index (χ2n) is 4.99. The van der Waals surface area contributed by atoms with Crippen LogP contribution in [-0.2, 0) is 9.53 Å². The molecule has 1 saturated heterocycles. The Hall–Kier alpha value is -1.82. The Morgan fingerprint density at radius 2 is 2.20 bits per heavy atom. The van der Waals surface area contributed by atoms with Gasteiger partial charge in [-0.05, 0) is 19.4 Å². The van der Waals surface area contributed by atoms with E-state index in [4.69, 9.17) is 9.15 Å². The van der Waals surface area contributed by atoms with Crippen molar-refractivity contribution >= 4 is 11.9 Å². The summed E-state index contributed by atoms with van der Waals surface area (Å²) in [6, 6.07) is 1.24. The third-order valence-corrected chi connectivity index (χ3v) is 3.47. The van der Waals surface area contributed by atoms with Crippen molar-refractivity contribution in [3.05, 3.63) is 23.7 Å². The molecule has 2 heterocycles. The molecule has 0 radical (unpaired) electrons. The van der Waals surface area contributed by atoms with Gasteiger partial charge >= 0.3 is 5.97 Å². The van der Waals surface area contributed by atoms with Gasteiger partial charge in [0.15, 0.2) is 0 Å². The normalized spacial score (nSPS) is 21.9. The Morgan fingerprint density at radius 1 is 1.45 bits per heavy atom. The minimum atomic E-state index is -0.926. The molecule has 1 aromatic heterocycles. The molecule has 6 nitrogen and oxygen atoms in total. The summed E-state index contributed by atoms with van der Waals surface area (Å²) < 4.78 is 10.4. The molecular formula is C14H19NO5. The predicted molar refractivity (Wildman–Crippen MR) is 70.5 cm³/mol. The van der Waals surface area contributed by atoms with Crippen LogP contribution in [0.1, 0.15) is 29.5 Å². The zero-order valence-corrected chi connectivity index (χ0v) is 11.7. The van der Waals surface area contributed by atoms with Crippen LogP contribution in [0.5, 0.6) is 0 Å². The number of carboxylic acids is 1. The molecule has 20 heavy (non-hydrogen) atoms. The van der Waals surface area contributed by atoms with Crippen LogP contribution < -0.4 is 0 Å². The van der Waals surface area contributed by atoms with Gasteiger partial charge < -0.3 is 19.2 Å². The molecule has 1 N–H and O–H groups in total. The first kappa shape index (κ1) is 14.6. The van der Waals surface area contributed by atoms with Crippen molar-refractivity contribution in [2.75, 3.05) is 19.8 Å². The molecule has 6 heteroatoms. The fourth-order valence-electron chi connectivity index (χ4n) is 2.47. The van der Waals surface area contributed by atoms with Gasteiger partial charge in [0.25, 0.3) is 5.91 Å². The Labute approximate surface area is 117 Å². The minimum absolute atomic E-state index is 0.151. The largest absolute Gasteiger partial charge is 0.481 e. The molecule has 2 unspecified atom stereocenters. The number of ether oxygens (including phenoxy) is 1. The van der Waals surface area contributed by atoms with Gasteiger partial charge in [-0.25, -0.2) is 0 Å². The summed E-state index contributed by atoms with van der Waals surface area (Å²) in [5.41, 5.74) is 0.451. The highest BCUT2D eigenvalue weighted by Gasteiger charge is 2.40. The van der Waals surface area contributed by atoms with E-state index in [0.29, 0.717) is 17.9 Å². The number of carbonyl (C=O) groups excluding carboxylic acids is 1. The van der Waals surface area contributed by atoms with E-state index in [0.717, 1.165) is 6.42 Å². The van der Waals surface area contributed by atoms with Gasteiger partial charge in [-0.3, -0.25) is 9.59 Å². The minimum Gasteiger partial charge on any atom is -0.481 e. The van der Waals surface area contributed by atoms with Crippen molar-refractivity contribution in [2.45, 2.75) is 26.3 Å². The Morgan fingerprint density at radius 3 is 2.75 bits per heavy atom. The molecule has 1 aromatic rings. The van der Waals surface area contributed by atoms with E-state index < -0.39 is 17.9 Å². The van der Waals surface area contributed by atoms with Gasteiger partial charge in [0.2, 0.25) is 0 Å². The van der Waals surface area contributed by atoms with E-state index >= 15 is 0 Å². The summed E-state index contributed by atoms with van der Waals surface area (Å²) in [6.45, 7) is 4.63. The molecular weight excluding hydrogens is 262 g/mol. The fourth-order valence-corrected chi connectivity index (χ4v) is 2.47. The van der Waals surface area contributed by atoms with Gasteiger partial charge in [-0.15, -0.1) is 0 Å². The molecule has 0 bridgehead atoms. The van der Waals surface area contributed by atoms with Gasteiger partial charge in [0, 0.05) is 6.54 Å². The number of hydrogen-bond acceptors (Lipinski definition) is 4. The first-order chi connectivity index (χ1) is 9.54. The SMILES string of the molecule is CCCN(C(=O)c1coc(C)c1)C1COCC1C(=O)O. The highest BCUT2D eigenvalue weighted by atomic mass is 16.5. The molecule has 0 aromatic carbocycles. The molecule has 2 atom stereocenters. The maximum Gasteiger partial charge on any atom is 0.311 e. The molecule has 1 aliphatic heterocycles. The van der Waals surface area contributed by atoms with Crippen molar-refractivity contribution in [1.29, 1.82) is 0 Å². The number of rotatable bonds is 5. The monoisotopic (exact) mass is 281 g/mol. The van der Waals surface area contributed by atoms with Crippen LogP contribution in [-0.4, -0.2) is 47.7 Å². The number of nitrogens with zero attached hydrogens (tertiary/aromatic N) is 1. The Balaban J connectivity index is 2.22. The molecule has 1 amide bonds. The topological polar surface area (TPSA) is 80.0 Å². The standard InChI is InChI=1S/C14H19NO5/c1-3-4-15(12-8-19-7-11(12)14(17)18)13(16)10-5-9(2)20-6-10/h5-6,11-12H,3-4,7-8H2,1-2H3,(H,17,18). The van der Waals surface area contributed by atoms with E-state index in [9.17, 15) is 14.7 Å². The number of carboxylic acid groups (broad SMARTS) is 1. The predicted octanol–water partition coefficient (Wildman–Crippen LogP) is 1.54. The highest BCUT2D eigenvalue weighted by Crippen LogP contribution is 2.23. The lowest BCUT2D eigenvalue weighted by Crippen LogP contribution is -2.46. The average Bonchev–Trinajstić information content (AvgIpc) is 3.03. The van der Waals surface area contributed by atoms with E-state index in [2.05, 4.69) is 0 Å². The van der Waals surface area contributed by atoms with E-state index in [-0.39, 0.29) is 19.1 Å². The number of amides is 1. The van der Waals surface area contributed by atoms with Crippen LogP contribution in [0.15, 0.2) is 16.7 Å². The summed E-state index contributed by atoms with van der Waals surface area (Å²) in [7, 11) is 0. The van der Waals surface area contributed by atoms with Crippen LogP contribution in [0.4, 0.5) is 0 Å². The summed E-state index contributed by atoms with van der Waals surface area (Å²) in [5.74, 6) is -1.14. The van der Waals surface area contributed by atoms with Crippen molar-refractivity contribution in [3.63, 3.8) is 0 Å². The molecule has 2 rings (SSSR count). The van der Waals surface area contributed by atoms with Crippen molar-refractivity contribution in [2.24, 2.45) is 5.92 Å². The van der Waals surface area contributed by atoms with Crippen LogP contribution in [0, 0.1) is 12.8 Å². The number of aryl methyl sites for hydroxylation is 1. The Bertz CT molecular complexity index is 496. The number of aliphatic carboxylic acids is 1. The fraction of sp³-hybridized carbons (Fsp3) is 0.571. The molecule has 0 spiro atoms. The zero-order valence-electron chi connectivity index (χ0n) is 11.7. The van der Waals surface area contributed by atoms with Gasteiger partial charge in [-0.1, -0.05) is 6.92 Å². The van der Waals surface area contributed by atoms with E-state index in [1.165, 1.54) is 6.26 Å². The smallest absolute Gasteiger partial charge is 0.311 e. The van der Waals surface area contributed by atoms with Crippen LogP contribution in [0.3, 0.4) is 0 Å². The van der Waals surface area contributed by atoms with Crippen molar-refractivity contribution in [1.82, 2.24) is 4.90 Å². The molecule has 110 valence electrons. The maximum absolute atomic E-state index is 12.5. The van der Waals surface area contributed by atoms with Crippen LogP contribution in [0.25, 0.3) is 0 Å². The zero-order chi connectivity index (χ0) is 14.7. The average molecular weight is 281 g/mol. The van der Waals surface area contributed by atoms with Gasteiger partial charge in [-0.2, -0.15) is 0 Å². The Kier molecular flexibility index (Phi) is 4.44.